The lowest BCUT2D eigenvalue weighted by atomic mass is 9.73. The molecule has 1 aliphatic heterocycles. The molecule has 1 aliphatic rings. The first kappa shape index (κ1) is 10.0. The lowest BCUT2D eigenvalue weighted by Crippen LogP contribution is -2.42. The van der Waals surface area contributed by atoms with Crippen LogP contribution >= 0.6 is 0 Å². The normalized spacial score (nSPS) is 38.5. The molecule has 1 atom stereocenters. The topological polar surface area (TPSA) is 35.2 Å². The van der Waals surface area contributed by atoms with Crippen LogP contribution in [0.3, 0.4) is 0 Å². The van der Waals surface area contributed by atoms with E-state index in [9.17, 15) is 0 Å². The number of hydrogen-bond donors (Lipinski definition) is 1. The SMILES string of the molecule is CC1(C)C[C@](C)(CN)C(C)(C)O1. The van der Waals surface area contributed by atoms with Crippen molar-refractivity contribution in [3.63, 3.8) is 0 Å². The number of ether oxygens (including phenoxy) is 1. The molecule has 0 radical (unpaired) electrons. The molecule has 0 saturated carbocycles. The van der Waals surface area contributed by atoms with E-state index in [1.807, 2.05) is 0 Å². The third-order valence-electron chi connectivity index (χ3n) is 3.25. The van der Waals surface area contributed by atoms with Crippen LogP contribution in [0.2, 0.25) is 0 Å². The van der Waals surface area contributed by atoms with E-state index in [-0.39, 0.29) is 16.6 Å². The highest BCUT2D eigenvalue weighted by Crippen LogP contribution is 2.49. The smallest absolute Gasteiger partial charge is 0.0700 e. The molecule has 1 saturated heterocycles. The zero-order valence-corrected chi connectivity index (χ0v) is 8.90. The molecule has 0 aromatic carbocycles. The molecular formula is C10H21NO. The van der Waals surface area contributed by atoms with E-state index in [1.54, 1.807) is 0 Å². The van der Waals surface area contributed by atoms with Gasteiger partial charge in [-0.05, 0) is 34.1 Å². The van der Waals surface area contributed by atoms with Gasteiger partial charge in [-0.25, -0.2) is 0 Å². The van der Waals surface area contributed by atoms with Crippen LogP contribution in [0.4, 0.5) is 0 Å². The molecule has 2 heteroatoms. The lowest BCUT2D eigenvalue weighted by molar-refractivity contribution is -0.0886. The first-order valence-electron chi connectivity index (χ1n) is 4.63. The molecule has 0 aromatic heterocycles. The summed E-state index contributed by atoms with van der Waals surface area (Å²) >= 11 is 0. The maximum Gasteiger partial charge on any atom is 0.0700 e. The highest BCUT2D eigenvalue weighted by atomic mass is 16.5. The lowest BCUT2D eigenvalue weighted by Gasteiger charge is -2.35. The second kappa shape index (κ2) is 2.46. The monoisotopic (exact) mass is 171 g/mol. The molecule has 0 aliphatic carbocycles. The Labute approximate surface area is 75.5 Å². The van der Waals surface area contributed by atoms with Crippen molar-refractivity contribution in [2.45, 2.75) is 52.2 Å². The van der Waals surface area contributed by atoms with Crippen LogP contribution in [-0.4, -0.2) is 17.7 Å². The van der Waals surface area contributed by atoms with Gasteiger partial charge in [-0.3, -0.25) is 0 Å². The van der Waals surface area contributed by atoms with E-state index < -0.39 is 0 Å². The van der Waals surface area contributed by atoms with Crippen LogP contribution in [0.15, 0.2) is 0 Å². The van der Waals surface area contributed by atoms with Gasteiger partial charge in [0.05, 0.1) is 11.2 Å². The molecule has 0 amide bonds. The van der Waals surface area contributed by atoms with Crippen LogP contribution < -0.4 is 5.73 Å². The minimum Gasteiger partial charge on any atom is -0.369 e. The highest BCUT2D eigenvalue weighted by Gasteiger charge is 2.53. The van der Waals surface area contributed by atoms with Crippen LogP contribution in [0.25, 0.3) is 0 Å². The highest BCUT2D eigenvalue weighted by molar-refractivity contribution is 5.03. The molecular weight excluding hydrogens is 150 g/mol. The Morgan fingerprint density at radius 3 is 1.83 bits per heavy atom. The van der Waals surface area contributed by atoms with E-state index >= 15 is 0 Å². The molecule has 2 N–H and O–H groups in total. The quantitative estimate of drug-likeness (QED) is 0.654. The van der Waals surface area contributed by atoms with Crippen molar-refractivity contribution in [2.24, 2.45) is 11.1 Å². The third kappa shape index (κ3) is 1.38. The average molecular weight is 171 g/mol. The van der Waals surface area contributed by atoms with Crippen LogP contribution in [0.5, 0.6) is 0 Å². The molecule has 0 aromatic rings. The summed E-state index contributed by atoms with van der Waals surface area (Å²) in [7, 11) is 0. The minimum absolute atomic E-state index is 0.0162. The first-order valence-corrected chi connectivity index (χ1v) is 4.63. The van der Waals surface area contributed by atoms with Crippen LogP contribution in [-0.2, 0) is 4.74 Å². The zero-order valence-electron chi connectivity index (χ0n) is 8.90. The Morgan fingerprint density at radius 1 is 1.17 bits per heavy atom. The van der Waals surface area contributed by atoms with Crippen molar-refractivity contribution in [1.29, 1.82) is 0 Å². The Bertz CT molecular complexity index is 186. The summed E-state index contributed by atoms with van der Waals surface area (Å²) < 4.78 is 5.96. The predicted octanol–water partition coefficient (Wildman–Crippen LogP) is 1.93. The first-order chi connectivity index (χ1) is 5.22. The van der Waals surface area contributed by atoms with Gasteiger partial charge in [0.15, 0.2) is 0 Å². The molecule has 0 unspecified atom stereocenters. The number of rotatable bonds is 1. The average Bonchev–Trinajstić information content (AvgIpc) is 1.98. The Morgan fingerprint density at radius 2 is 1.67 bits per heavy atom. The van der Waals surface area contributed by atoms with E-state index in [1.165, 1.54) is 0 Å². The summed E-state index contributed by atoms with van der Waals surface area (Å²) in [6.07, 6.45) is 1.05. The molecule has 0 bridgehead atoms. The number of hydrogen-bond acceptors (Lipinski definition) is 2. The molecule has 72 valence electrons. The largest absolute Gasteiger partial charge is 0.369 e. The van der Waals surface area contributed by atoms with Gasteiger partial charge < -0.3 is 10.5 Å². The van der Waals surface area contributed by atoms with Gasteiger partial charge in [-0.15, -0.1) is 0 Å². The van der Waals surface area contributed by atoms with Crippen molar-refractivity contribution in [3.05, 3.63) is 0 Å². The second-order valence-corrected chi connectivity index (χ2v) is 5.31. The van der Waals surface area contributed by atoms with Crippen LogP contribution in [0, 0.1) is 5.41 Å². The maximum atomic E-state index is 5.96. The summed E-state index contributed by atoms with van der Waals surface area (Å²) in [4.78, 5) is 0. The summed E-state index contributed by atoms with van der Waals surface area (Å²) in [5, 5.41) is 0. The van der Waals surface area contributed by atoms with E-state index in [4.69, 9.17) is 10.5 Å². The Hall–Kier alpha value is -0.0800. The van der Waals surface area contributed by atoms with Crippen molar-refractivity contribution in [2.75, 3.05) is 6.54 Å². The summed E-state index contributed by atoms with van der Waals surface area (Å²) in [6, 6.07) is 0. The maximum absolute atomic E-state index is 5.96. The van der Waals surface area contributed by atoms with Crippen molar-refractivity contribution < 1.29 is 4.74 Å². The Kier molecular flexibility index (Phi) is 2.05. The zero-order chi connectivity index (χ0) is 9.62. The van der Waals surface area contributed by atoms with Gasteiger partial charge in [0, 0.05) is 12.0 Å². The van der Waals surface area contributed by atoms with Gasteiger partial charge in [0.25, 0.3) is 0 Å². The van der Waals surface area contributed by atoms with Gasteiger partial charge in [-0.1, -0.05) is 6.92 Å². The van der Waals surface area contributed by atoms with Gasteiger partial charge in [-0.2, -0.15) is 0 Å². The molecule has 2 nitrogen and oxygen atoms in total. The fourth-order valence-corrected chi connectivity index (χ4v) is 2.32. The van der Waals surface area contributed by atoms with E-state index in [0.717, 1.165) is 6.42 Å². The van der Waals surface area contributed by atoms with Crippen molar-refractivity contribution in [3.8, 4) is 0 Å². The van der Waals surface area contributed by atoms with Gasteiger partial charge in [0.2, 0.25) is 0 Å². The van der Waals surface area contributed by atoms with Crippen molar-refractivity contribution in [1.82, 2.24) is 0 Å². The number of nitrogens with two attached hydrogens (primary N) is 1. The molecule has 1 heterocycles. The van der Waals surface area contributed by atoms with E-state index in [0.29, 0.717) is 6.54 Å². The summed E-state index contributed by atoms with van der Waals surface area (Å²) in [5.41, 5.74) is 5.80. The van der Waals surface area contributed by atoms with Crippen LogP contribution in [0.1, 0.15) is 41.0 Å². The summed E-state index contributed by atoms with van der Waals surface area (Å²) in [6.45, 7) is 11.4. The third-order valence-corrected chi connectivity index (χ3v) is 3.25. The fraction of sp³-hybridized carbons (Fsp3) is 1.00. The van der Waals surface area contributed by atoms with E-state index in [2.05, 4.69) is 34.6 Å². The standard InChI is InChI=1S/C10H21NO/c1-8(2)6-10(5,7-11)9(3,4)12-8/h6-7,11H2,1-5H3/t10-/m1/s1. The van der Waals surface area contributed by atoms with Crippen molar-refractivity contribution >= 4 is 0 Å². The predicted molar refractivity (Wildman–Crippen MR) is 51.0 cm³/mol. The molecule has 0 spiro atoms. The molecule has 1 rings (SSSR count). The Balaban J connectivity index is 2.92. The van der Waals surface area contributed by atoms with Gasteiger partial charge in [0.1, 0.15) is 0 Å². The molecule has 12 heavy (non-hydrogen) atoms. The van der Waals surface area contributed by atoms with Gasteiger partial charge >= 0.3 is 0 Å². The summed E-state index contributed by atoms with van der Waals surface area (Å²) in [5.74, 6) is 0. The molecule has 1 fully saturated rings. The fourth-order valence-electron chi connectivity index (χ4n) is 2.32. The minimum atomic E-state index is -0.0920. The second-order valence-electron chi connectivity index (χ2n) is 5.31.